The van der Waals surface area contributed by atoms with Crippen LogP contribution in [0.4, 0.5) is 0 Å². The molecule has 0 bridgehead atoms. The number of aromatic nitrogens is 2. The quantitative estimate of drug-likeness (QED) is 0.217. The maximum Gasteiger partial charge on any atom is 0.0640 e. The lowest BCUT2D eigenvalue weighted by Crippen LogP contribution is -1.95. The molecule has 0 unspecified atom stereocenters. The number of hydrogen-bond donors (Lipinski definition) is 0. The molecule has 9 rings (SSSR count). The molecule has 6 aromatic carbocycles. The van der Waals surface area contributed by atoms with Gasteiger partial charge in [0.2, 0.25) is 0 Å². The summed E-state index contributed by atoms with van der Waals surface area (Å²) in [6.07, 6.45) is 2.19. The van der Waals surface area contributed by atoms with E-state index >= 15 is 0 Å². The topological polar surface area (TPSA) is 9.86 Å². The summed E-state index contributed by atoms with van der Waals surface area (Å²) in [6, 6.07) is 46.5. The van der Waals surface area contributed by atoms with Gasteiger partial charge in [-0.15, -0.1) is 11.3 Å². The molecular formula is C36H22N2S. The Hall–Kier alpha value is -4.86. The van der Waals surface area contributed by atoms with Gasteiger partial charge in [0.1, 0.15) is 0 Å². The van der Waals surface area contributed by atoms with Crippen molar-refractivity contribution in [2.75, 3.05) is 0 Å². The van der Waals surface area contributed by atoms with Crippen LogP contribution in [0, 0.1) is 0 Å². The van der Waals surface area contributed by atoms with Crippen LogP contribution in [-0.4, -0.2) is 9.13 Å². The molecule has 0 amide bonds. The van der Waals surface area contributed by atoms with E-state index in [9.17, 15) is 0 Å². The monoisotopic (exact) mass is 514 g/mol. The molecule has 0 aliphatic heterocycles. The van der Waals surface area contributed by atoms with E-state index in [1.54, 1.807) is 0 Å². The predicted molar refractivity (Wildman–Crippen MR) is 168 cm³/mol. The molecule has 0 saturated heterocycles. The van der Waals surface area contributed by atoms with Crippen LogP contribution in [0.15, 0.2) is 134 Å². The van der Waals surface area contributed by atoms with Crippen molar-refractivity contribution >= 4 is 75.0 Å². The lowest BCUT2D eigenvalue weighted by Gasteiger charge is -2.11. The van der Waals surface area contributed by atoms with Gasteiger partial charge in [0, 0.05) is 43.5 Å². The first-order chi connectivity index (χ1) is 19.3. The van der Waals surface area contributed by atoms with Crippen LogP contribution in [0.3, 0.4) is 0 Å². The van der Waals surface area contributed by atoms with Gasteiger partial charge in [0.05, 0.1) is 26.9 Å². The zero-order chi connectivity index (χ0) is 25.5. The normalized spacial score (nSPS) is 12.1. The van der Waals surface area contributed by atoms with E-state index in [1.807, 2.05) is 11.3 Å². The van der Waals surface area contributed by atoms with Crippen molar-refractivity contribution in [2.24, 2.45) is 0 Å². The molecule has 0 saturated carbocycles. The molecule has 182 valence electrons. The Bertz CT molecular complexity index is 2390. The maximum atomic E-state index is 2.50. The Morgan fingerprint density at radius 3 is 2.21 bits per heavy atom. The molecule has 3 heteroatoms. The summed E-state index contributed by atoms with van der Waals surface area (Å²) >= 11 is 1.89. The smallest absolute Gasteiger partial charge is 0.0640 e. The minimum atomic E-state index is 1.17. The third-order valence-electron chi connectivity index (χ3n) is 8.12. The number of nitrogens with zero attached hydrogens (tertiary/aromatic N) is 2. The summed E-state index contributed by atoms with van der Waals surface area (Å²) in [4.78, 5) is 0. The zero-order valence-electron chi connectivity index (χ0n) is 21.0. The van der Waals surface area contributed by atoms with E-state index in [1.165, 1.54) is 75.0 Å². The lowest BCUT2D eigenvalue weighted by atomic mass is 10.0. The Morgan fingerprint density at radius 1 is 0.487 bits per heavy atom. The fraction of sp³-hybridized carbons (Fsp3) is 0. The van der Waals surface area contributed by atoms with Crippen LogP contribution in [-0.2, 0) is 0 Å². The summed E-state index contributed by atoms with van der Waals surface area (Å²) in [5.74, 6) is 0. The Labute approximate surface area is 228 Å². The predicted octanol–water partition coefficient (Wildman–Crippen LogP) is 10.2. The number of fused-ring (bicyclic) bond motifs is 9. The van der Waals surface area contributed by atoms with Gasteiger partial charge in [-0.2, -0.15) is 0 Å². The fourth-order valence-corrected chi connectivity index (χ4v) is 7.60. The van der Waals surface area contributed by atoms with Crippen LogP contribution < -0.4 is 0 Å². The molecule has 3 heterocycles. The Morgan fingerprint density at radius 2 is 1.28 bits per heavy atom. The number of benzene rings is 6. The average Bonchev–Trinajstić information content (AvgIpc) is 3.68. The van der Waals surface area contributed by atoms with Crippen LogP contribution >= 0.6 is 11.3 Å². The molecule has 0 fully saturated rings. The van der Waals surface area contributed by atoms with Crippen molar-refractivity contribution in [3.63, 3.8) is 0 Å². The summed E-state index contributed by atoms with van der Waals surface area (Å²) in [7, 11) is 0. The van der Waals surface area contributed by atoms with Crippen LogP contribution in [0.1, 0.15) is 0 Å². The Balaban J connectivity index is 1.48. The minimum Gasteiger partial charge on any atom is -0.316 e. The summed E-state index contributed by atoms with van der Waals surface area (Å²) < 4.78 is 7.45. The van der Waals surface area contributed by atoms with Gasteiger partial charge in [-0.3, -0.25) is 0 Å². The van der Waals surface area contributed by atoms with Crippen molar-refractivity contribution in [1.29, 1.82) is 0 Å². The van der Waals surface area contributed by atoms with Crippen LogP contribution in [0.25, 0.3) is 75.0 Å². The number of para-hydroxylation sites is 1. The van der Waals surface area contributed by atoms with E-state index in [0.29, 0.717) is 0 Å². The third-order valence-corrected chi connectivity index (χ3v) is 9.33. The number of hydrogen-bond acceptors (Lipinski definition) is 1. The number of rotatable bonds is 2. The second-order valence-electron chi connectivity index (χ2n) is 10.2. The van der Waals surface area contributed by atoms with Crippen molar-refractivity contribution in [1.82, 2.24) is 9.13 Å². The second-order valence-corrected chi connectivity index (χ2v) is 11.3. The zero-order valence-corrected chi connectivity index (χ0v) is 21.8. The first-order valence-corrected chi connectivity index (χ1v) is 14.1. The van der Waals surface area contributed by atoms with Gasteiger partial charge in [-0.1, -0.05) is 78.9 Å². The fourth-order valence-electron chi connectivity index (χ4n) is 6.40. The van der Waals surface area contributed by atoms with Crippen LogP contribution in [0.2, 0.25) is 0 Å². The highest BCUT2D eigenvalue weighted by molar-refractivity contribution is 7.26. The van der Waals surface area contributed by atoms with E-state index in [4.69, 9.17) is 0 Å². The molecule has 0 aliphatic carbocycles. The molecule has 0 N–H and O–H groups in total. The van der Waals surface area contributed by atoms with Crippen molar-refractivity contribution in [3.8, 4) is 11.4 Å². The second kappa shape index (κ2) is 7.83. The largest absolute Gasteiger partial charge is 0.316 e. The molecule has 0 radical (unpaired) electrons. The first kappa shape index (κ1) is 21.1. The Kier molecular flexibility index (Phi) is 4.24. The van der Waals surface area contributed by atoms with Gasteiger partial charge < -0.3 is 9.13 Å². The molecule has 2 nitrogen and oxygen atoms in total. The highest BCUT2D eigenvalue weighted by Crippen LogP contribution is 2.43. The SMILES string of the molecule is c1ccc(-n2ccc3cc4c5c6ccccc6ccc5n(-c5cccc6c5sc5ccccc56)c4cc32)cc1. The first-order valence-electron chi connectivity index (χ1n) is 13.3. The summed E-state index contributed by atoms with van der Waals surface area (Å²) in [5, 5.41) is 9.06. The summed E-state index contributed by atoms with van der Waals surface area (Å²) in [6.45, 7) is 0. The van der Waals surface area contributed by atoms with E-state index in [0.717, 1.165) is 0 Å². The van der Waals surface area contributed by atoms with Gasteiger partial charge in [-0.05, 0) is 59.3 Å². The van der Waals surface area contributed by atoms with Crippen molar-refractivity contribution in [2.45, 2.75) is 0 Å². The van der Waals surface area contributed by atoms with E-state index < -0.39 is 0 Å². The van der Waals surface area contributed by atoms with Crippen LogP contribution in [0.5, 0.6) is 0 Å². The van der Waals surface area contributed by atoms with Gasteiger partial charge in [0.25, 0.3) is 0 Å². The standard InChI is InChI=1S/C36H22N2S/c1-2-10-25(11-3-1)37-20-19-24-21-29-33(22-32(24)37)38(30-18-17-23-9-4-5-12-26(23)35(29)30)31-15-8-14-28-27-13-6-7-16-34(27)39-36(28)31/h1-22H. The molecule has 0 aliphatic rings. The lowest BCUT2D eigenvalue weighted by molar-refractivity contribution is 1.13. The molecule has 9 aromatic rings. The van der Waals surface area contributed by atoms with E-state index in [2.05, 4.69) is 143 Å². The average molecular weight is 515 g/mol. The molecule has 0 atom stereocenters. The summed E-state index contributed by atoms with van der Waals surface area (Å²) in [5.41, 5.74) is 6.10. The molecule has 3 aromatic heterocycles. The van der Waals surface area contributed by atoms with Gasteiger partial charge in [0.15, 0.2) is 0 Å². The van der Waals surface area contributed by atoms with E-state index in [-0.39, 0.29) is 0 Å². The highest BCUT2D eigenvalue weighted by atomic mass is 32.1. The minimum absolute atomic E-state index is 1.17. The molecule has 39 heavy (non-hydrogen) atoms. The third kappa shape index (κ3) is 2.91. The molecular weight excluding hydrogens is 492 g/mol. The highest BCUT2D eigenvalue weighted by Gasteiger charge is 2.19. The van der Waals surface area contributed by atoms with Crippen molar-refractivity contribution in [3.05, 3.63) is 134 Å². The maximum absolute atomic E-state index is 2.50. The van der Waals surface area contributed by atoms with Crippen molar-refractivity contribution < 1.29 is 0 Å². The van der Waals surface area contributed by atoms with Gasteiger partial charge in [-0.25, -0.2) is 0 Å². The molecule has 0 spiro atoms. The number of thiophene rings is 1. The van der Waals surface area contributed by atoms with Gasteiger partial charge >= 0.3 is 0 Å².